The summed E-state index contributed by atoms with van der Waals surface area (Å²) in [5, 5.41) is 17.9. The number of hydrogen-bond acceptors (Lipinski definition) is 4. The van der Waals surface area contributed by atoms with Crippen molar-refractivity contribution in [1.82, 2.24) is 0 Å². The van der Waals surface area contributed by atoms with Gasteiger partial charge < -0.3 is 9.84 Å². The monoisotopic (exact) mass is 251 g/mol. The summed E-state index contributed by atoms with van der Waals surface area (Å²) in [4.78, 5) is 22.5. The lowest BCUT2D eigenvalue weighted by Gasteiger charge is -2.25. The van der Waals surface area contributed by atoms with Gasteiger partial charge in [0, 0.05) is 0 Å². The Labute approximate surface area is 106 Å². The van der Waals surface area contributed by atoms with Gasteiger partial charge in [0.25, 0.3) is 0 Å². The molecule has 1 unspecified atom stereocenters. The minimum atomic E-state index is -1.21. The van der Waals surface area contributed by atoms with Gasteiger partial charge in [0.15, 0.2) is 0 Å². The molecular weight excluding hydrogens is 234 g/mol. The minimum absolute atomic E-state index is 0.163. The smallest absolute Gasteiger partial charge is 0.346 e. The molecule has 18 heavy (non-hydrogen) atoms. The number of esters is 1. The van der Waals surface area contributed by atoms with E-state index in [1.54, 1.807) is 13.0 Å². The Hall–Kier alpha value is -1.83. The van der Waals surface area contributed by atoms with E-state index in [-0.39, 0.29) is 23.9 Å². The minimum Gasteiger partial charge on any atom is -0.477 e. The summed E-state index contributed by atoms with van der Waals surface area (Å²) in [5.74, 6) is -1.70. The van der Waals surface area contributed by atoms with Gasteiger partial charge in [0.05, 0.1) is 13.0 Å². The first-order valence-corrected chi connectivity index (χ1v) is 6.12. The Morgan fingerprint density at radius 1 is 1.50 bits per heavy atom. The number of allylic oxidation sites excluding steroid dienone is 1. The molecule has 1 saturated carbocycles. The Morgan fingerprint density at radius 3 is 2.78 bits per heavy atom. The molecule has 0 amide bonds. The molecule has 0 aromatic rings. The molecule has 0 aliphatic heterocycles. The predicted octanol–water partition coefficient (Wildman–Crippen LogP) is 2.03. The van der Waals surface area contributed by atoms with Crippen LogP contribution in [-0.2, 0) is 14.3 Å². The van der Waals surface area contributed by atoms with Crippen LogP contribution >= 0.6 is 0 Å². The number of nitriles is 1. The Morgan fingerprint density at radius 2 is 2.22 bits per heavy atom. The third-order valence-electron chi connectivity index (χ3n) is 3.11. The second-order valence-electron chi connectivity index (χ2n) is 4.27. The van der Waals surface area contributed by atoms with Crippen LogP contribution in [0.1, 0.15) is 39.0 Å². The van der Waals surface area contributed by atoms with Gasteiger partial charge >= 0.3 is 11.9 Å². The van der Waals surface area contributed by atoms with Crippen LogP contribution < -0.4 is 0 Å². The van der Waals surface area contributed by atoms with Gasteiger partial charge in [-0.2, -0.15) is 5.26 Å². The standard InChI is InChI=1S/C13H17NO4/c1-2-18-12(15)7-9-5-3-4-6-10(9)11(8-14)13(16)17/h9H,2-7H2,1H3,(H,16,17)/b11-10-. The van der Waals surface area contributed by atoms with E-state index >= 15 is 0 Å². The van der Waals surface area contributed by atoms with Crippen LogP contribution in [0, 0.1) is 17.2 Å². The van der Waals surface area contributed by atoms with E-state index in [0.29, 0.717) is 18.6 Å². The zero-order valence-electron chi connectivity index (χ0n) is 10.4. The average molecular weight is 251 g/mol. The molecule has 0 radical (unpaired) electrons. The molecule has 0 heterocycles. The van der Waals surface area contributed by atoms with E-state index in [9.17, 15) is 9.59 Å². The largest absolute Gasteiger partial charge is 0.477 e. The first-order chi connectivity index (χ1) is 8.60. The zero-order valence-corrected chi connectivity index (χ0v) is 10.4. The number of nitrogens with zero attached hydrogens (tertiary/aromatic N) is 1. The van der Waals surface area contributed by atoms with Crippen molar-refractivity contribution in [3.05, 3.63) is 11.1 Å². The van der Waals surface area contributed by atoms with Gasteiger partial charge in [-0.1, -0.05) is 6.42 Å². The third kappa shape index (κ3) is 3.59. The highest BCUT2D eigenvalue weighted by molar-refractivity contribution is 5.92. The van der Waals surface area contributed by atoms with Crippen molar-refractivity contribution in [2.45, 2.75) is 39.0 Å². The molecule has 1 N–H and O–H groups in total. The van der Waals surface area contributed by atoms with Crippen LogP contribution in [0.2, 0.25) is 0 Å². The summed E-state index contributed by atoms with van der Waals surface area (Å²) in [6, 6.07) is 1.73. The molecule has 0 saturated heterocycles. The van der Waals surface area contributed by atoms with Crippen molar-refractivity contribution in [2.24, 2.45) is 5.92 Å². The van der Waals surface area contributed by atoms with E-state index in [4.69, 9.17) is 15.1 Å². The molecular formula is C13H17NO4. The first-order valence-electron chi connectivity index (χ1n) is 6.12. The van der Waals surface area contributed by atoms with Gasteiger partial charge in [-0.25, -0.2) is 4.79 Å². The fraction of sp³-hybridized carbons (Fsp3) is 0.615. The molecule has 0 bridgehead atoms. The fourth-order valence-electron chi connectivity index (χ4n) is 2.32. The van der Waals surface area contributed by atoms with Crippen molar-refractivity contribution < 1.29 is 19.4 Å². The molecule has 5 heteroatoms. The Kier molecular flexibility index (Phi) is 5.37. The van der Waals surface area contributed by atoms with Gasteiger partial charge in [0.1, 0.15) is 11.6 Å². The summed E-state index contributed by atoms with van der Waals surface area (Å²) in [6.07, 6.45) is 3.31. The summed E-state index contributed by atoms with van der Waals surface area (Å²) >= 11 is 0. The average Bonchev–Trinajstić information content (AvgIpc) is 2.32. The Balaban J connectivity index is 2.90. The highest BCUT2D eigenvalue weighted by Gasteiger charge is 2.27. The van der Waals surface area contributed by atoms with Crippen molar-refractivity contribution in [3.8, 4) is 6.07 Å². The summed E-state index contributed by atoms with van der Waals surface area (Å²) in [6.45, 7) is 2.04. The zero-order chi connectivity index (χ0) is 13.5. The van der Waals surface area contributed by atoms with Crippen LogP contribution in [0.15, 0.2) is 11.1 Å². The van der Waals surface area contributed by atoms with E-state index in [1.807, 2.05) is 0 Å². The SMILES string of the molecule is CCOC(=O)CC1CCCC/C1=C(\C#N)C(=O)O. The lowest BCUT2D eigenvalue weighted by Crippen LogP contribution is -2.19. The summed E-state index contributed by atoms with van der Waals surface area (Å²) in [7, 11) is 0. The third-order valence-corrected chi connectivity index (χ3v) is 3.11. The molecule has 1 atom stereocenters. The molecule has 1 fully saturated rings. The second-order valence-corrected chi connectivity index (χ2v) is 4.27. The molecule has 1 aliphatic rings. The number of carbonyl (C=O) groups is 2. The second kappa shape index (κ2) is 6.80. The fourth-order valence-corrected chi connectivity index (χ4v) is 2.32. The van der Waals surface area contributed by atoms with Crippen LogP contribution in [0.4, 0.5) is 0 Å². The molecule has 98 valence electrons. The van der Waals surface area contributed by atoms with Crippen LogP contribution in [0.3, 0.4) is 0 Å². The van der Waals surface area contributed by atoms with Crippen LogP contribution in [-0.4, -0.2) is 23.7 Å². The number of carboxylic acids is 1. The van der Waals surface area contributed by atoms with E-state index in [1.165, 1.54) is 0 Å². The highest BCUT2D eigenvalue weighted by Crippen LogP contribution is 2.34. The van der Waals surface area contributed by atoms with Crippen molar-refractivity contribution >= 4 is 11.9 Å². The first kappa shape index (κ1) is 14.2. The number of aliphatic carboxylic acids is 1. The highest BCUT2D eigenvalue weighted by atomic mass is 16.5. The summed E-state index contributed by atoms with van der Waals surface area (Å²) in [5.41, 5.74) is 0.397. The lowest BCUT2D eigenvalue weighted by molar-refractivity contribution is -0.144. The van der Waals surface area contributed by atoms with Crippen molar-refractivity contribution in [1.29, 1.82) is 5.26 Å². The van der Waals surface area contributed by atoms with Gasteiger partial charge in [-0.15, -0.1) is 0 Å². The molecule has 1 rings (SSSR count). The number of ether oxygens (including phenoxy) is 1. The number of carbonyl (C=O) groups excluding carboxylic acids is 1. The van der Waals surface area contributed by atoms with Crippen LogP contribution in [0.25, 0.3) is 0 Å². The maximum absolute atomic E-state index is 11.5. The van der Waals surface area contributed by atoms with Crippen molar-refractivity contribution in [2.75, 3.05) is 6.61 Å². The summed E-state index contributed by atoms with van der Waals surface area (Å²) < 4.78 is 4.87. The van der Waals surface area contributed by atoms with Gasteiger partial charge in [-0.05, 0) is 37.7 Å². The molecule has 1 aliphatic carbocycles. The Bertz CT molecular complexity index is 406. The predicted molar refractivity (Wildman–Crippen MR) is 63.5 cm³/mol. The number of carboxylic acid groups (broad SMARTS) is 1. The van der Waals surface area contributed by atoms with Gasteiger partial charge in [-0.3, -0.25) is 4.79 Å². The van der Waals surface area contributed by atoms with Gasteiger partial charge in [0.2, 0.25) is 0 Å². The number of hydrogen-bond donors (Lipinski definition) is 1. The normalized spacial score (nSPS) is 21.9. The molecule has 0 aromatic heterocycles. The molecule has 0 aromatic carbocycles. The maximum Gasteiger partial charge on any atom is 0.346 e. The van der Waals surface area contributed by atoms with E-state index in [0.717, 1.165) is 19.3 Å². The molecule has 0 spiro atoms. The van der Waals surface area contributed by atoms with E-state index < -0.39 is 5.97 Å². The number of rotatable bonds is 4. The quantitative estimate of drug-likeness (QED) is 0.469. The topological polar surface area (TPSA) is 87.4 Å². The molecule has 5 nitrogen and oxygen atoms in total. The van der Waals surface area contributed by atoms with Crippen molar-refractivity contribution in [3.63, 3.8) is 0 Å². The lowest BCUT2D eigenvalue weighted by atomic mass is 9.80. The maximum atomic E-state index is 11.5. The van der Waals surface area contributed by atoms with E-state index in [2.05, 4.69) is 0 Å². The van der Waals surface area contributed by atoms with Crippen LogP contribution in [0.5, 0.6) is 0 Å².